The second-order valence-corrected chi connectivity index (χ2v) is 4.59. The van der Waals surface area contributed by atoms with Gasteiger partial charge in [0.2, 0.25) is 0 Å². The second kappa shape index (κ2) is 6.38. The number of benzene rings is 1. The Morgan fingerprint density at radius 1 is 1.38 bits per heavy atom. The number of hydrogen-bond donors (Lipinski definition) is 3. The van der Waals surface area contributed by atoms with Gasteiger partial charge in [-0.25, -0.2) is 0 Å². The van der Waals surface area contributed by atoms with Gasteiger partial charge < -0.3 is 20.3 Å². The predicted octanol–water partition coefficient (Wildman–Crippen LogP) is 0.750. The van der Waals surface area contributed by atoms with E-state index in [-0.39, 0.29) is 5.91 Å². The Kier molecular flexibility index (Phi) is 4.56. The zero-order valence-electron chi connectivity index (χ0n) is 11.7. The minimum atomic E-state index is -1.59. The smallest absolute Gasteiger partial charge is 0.256 e. The van der Waals surface area contributed by atoms with Crippen molar-refractivity contribution in [2.45, 2.75) is 19.3 Å². The molecule has 2 aromatic rings. The summed E-state index contributed by atoms with van der Waals surface area (Å²) in [5, 5.41) is 24.7. The molecule has 21 heavy (non-hydrogen) atoms. The van der Waals surface area contributed by atoms with Crippen LogP contribution in [0.5, 0.6) is 5.75 Å². The SMILES string of the molecule is C[C@H](Oc1cccc(C(=O)Nc2ccn(C)n2)c1)C(O)O. The number of ether oxygens (including phenoxy) is 1. The number of aliphatic hydroxyl groups excluding tert-OH is 1. The first kappa shape index (κ1) is 15.0. The van der Waals surface area contributed by atoms with Gasteiger partial charge in [0.25, 0.3) is 5.91 Å². The summed E-state index contributed by atoms with van der Waals surface area (Å²) in [5.74, 6) is 0.508. The lowest BCUT2D eigenvalue weighted by molar-refractivity contribution is -0.105. The van der Waals surface area contributed by atoms with E-state index in [4.69, 9.17) is 14.9 Å². The number of aliphatic hydroxyl groups is 2. The van der Waals surface area contributed by atoms with E-state index in [0.717, 1.165) is 0 Å². The van der Waals surface area contributed by atoms with Gasteiger partial charge in [-0.1, -0.05) is 6.07 Å². The molecule has 0 fully saturated rings. The maximum absolute atomic E-state index is 12.1. The van der Waals surface area contributed by atoms with Crippen molar-refractivity contribution < 1.29 is 19.7 Å². The van der Waals surface area contributed by atoms with Gasteiger partial charge in [-0.3, -0.25) is 9.48 Å². The Hall–Kier alpha value is -2.38. The van der Waals surface area contributed by atoms with Crippen LogP contribution in [0.25, 0.3) is 0 Å². The lowest BCUT2D eigenvalue weighted by Crippen LogP contribution is -2.28. The van der Waals surface area contributed by atoms with Crippen LogP contribution >= 0.6 is 0 Å². The highest BCUT2D eigenvalue weighted by molar-refractivity contribution is 6.03. The van der Waals surface area contributed by atoms with Gasteiger partial charge in [0.15, 0.2) is 12.1 Å². The number of aryl methyl sites for hydroxylation is 1. The average Bonchev–Trinajstić information content (AvgIpc) is 2.84. The van der Waals surface area contributed by atoms with Gasteiger partial charge in [0.1, 0.15) is 11.9 Å². The van der Waals surface area contributed by atoms with E-state index >= 15 is 0 Å². The molecule has 112 valence electrons. The highest BCUT2D eigenvalue weighted by Crippen LogP contribution is 2.16. The van der Waals surface area contributed by atoms with Crippen LogP contribution in [0.4, 0.5) is 5.82 Å². The minimum Gasteiger partial charge on any atom is -0.485 e. The quantitative estimate of drug-likeness (QED) is 0.706. The molecule has 1 heterocycles. The third-order valence-corrected chi connectivity index (χ3v) is 2.79. The normalized spacial score (nSPS) is 12.2. The highest BCUT2D eigenvalue weighted by atomic mass is 16.6. The number of anilines is 1. The summed E-state index contributed by atoms with van der Waals surface area (Å²) in [5.41, 5.74) is 0.387. The molecule has 3 N–H and O–H groups in total. The first-order valence-corrected chi connectivity index (χ1v) is 6.39. The molecule has 1 amide bonds. The van der Waals surface area contributed by atoms with E-state index in [9.17, 15) is 4.79 Å². The molecule has 0 bridgehead atoms. The summed E-state index contributed by atoms with van der Waals surface area (Å²) < 4.78 is 6.90. The Morgan fingerprint density at radius 2 is 2.14 bits per heavy atom. The zero-order valence-corrected chi connectivity index (χ0v) is 11.7. The average molecular weight is 291 g/mol. The number of carbonyl (C=O) groups excluding carboxylic acids is 1. The van der Waals surface area contributed by atoms with E-state index in [2.05, 4.69) is 10.4 Å². The maximum Gasteiger partial charge on any atom is 0.256 e. The number of hydrogen-bond acceptors (Lipinski definition) is 5. The summed E-state index contributed by atoms with van der Waals surface area (Å²) in [6.45, 7) is 1.52. The fraction of sp³-hybridized carbons (Fsp3) is 0.286. The summed E-state index contributed by atoms with van der Waals surface area (Å²) in [6.07, 6.45) is -0.658. The molecular weight excluding hydrogens is 274 g/mol. The maximum atomic E-state index is 12.1. The molecule has 2 rings (SSSR count). The first-order valence-electron chi connectivity index (χ1n) is 6.39. The Labute approximate surface area is 121 Å². The van der Waals surface area contributed by atoms with Crippen LogP contribution in [-0.2, 0) is 7.05 Å². The van der Waals surface area contributed by atoms with Crippen LogP contribution in [-0.4, -0.2) is 38.3 Å². The Balaban J connectivity index is 2.07. The number of nitrogens with zero attached hydrogens (tertiary/aromatic N) is 2. The van der Waals surface area contributed by atoms with Gasteiger partial charge in [-0.2, -0.15) is 5.10 Å². The van der Waals surface area contributed by atoms with E-state index in [1.54, 1.807) is 42.2 Å². The van der Waals surface area contributed by atoms with Crippen LogP contribution in [0.2, 0.25) is 0 Å². The van der Waals surface area contributed by atoms with Crippen LogP contribution in [0.15, 0.2) is 36.5 Å². The van der Waals surface area contributed by atoms with Crippen LogP contribution in [0, 0.1) is 0 Å². The van der Waals surface area contributed by atoms with Crippen LogP contribution in [0.3, 0.4) is 0 Å². The summed E-state index contributed by atoms with van der Waals surface area (Å²) in [4.78, 5) is 12.1. The number of rotatable bonds is 5. The van der Waals surface area contributed by atoms with Crippen LogP contribution < -0.4 is 10.1 Å². The molecule has 0 aliphatic rings. The predicted molar refractivity (Wildman–Crippen MR) is 75.9 cm³/mol. The lowest BCUT2D eigenvalue weighted by atomic mass is 10.2. The molecule has 0 saturated carbocycles. The van der Waals surface area contributed by atoms with E-state index < -0.39 is 12.4 Å². The van der Waals surface area contributed by atoms with E-state index in [0.29, 0.717) is 17.1 Å². The molecule has 0 aliphatic carbocycles. The molecule has 0 radical (unpaired) electrons. The van der Waals surface area contributed by atoms with Gasteiger partial charge in [-0.15, -0.1) is 0 Å². The molecule has 7 heteroatoms. The van der Waals surface area contributed by atoms with Crippen molar-refractivity contribution in [3.8, 4) is 5.75 Å². The van der Waals surface area contributed by atoms with Crippen molar-refractivity contribution >= 4 is 11.7 Å². The highest BCUT2D eigenvalue weighted by Gasteiger charge is 2.14. The standard InChI is InChI=1S/C14H17N3O4/c1-9(14(19)20)21-11-5-3-4-10(8-11)13(18)15-12-6-7-17(2)16-12/h3-9,14,19-20H,1-2H3,(H,15,16,18)/t9-/m0/s1. The molecule has 0 saturated heterocycles. The van der Waals surface area contributed by atoms with E-state index in [1.807, 2.05) is 0 Å². The molecule has 1 aromatic carbocycles. The van der Waals surface area contributed by atoms with Crippen molar-refractivity contribution in [2.75, 3.05) is 5.32 Å². The Morgan fingerprint density at radius 3 is 2.76 bits per heavy atom. The van der Waals surface area contributed by atoms with Crippen LogP contribution in [0.1, 0.15) is 17.3 Å². The van der Waals surface area contributed by atoms with Gasteiger partial charge in [0, 0.05) is 24.9 Å². The molecule has 0 spiro atoms. The van der Waals surface area contributed by atoms with Crippen molar-refractivity contribution in [3.05, 3.63) is 42.1 Å². The first-order chi connectivity index (χ1) is 9.95. The fourth-order valence-corrected chi connectivity index (χ4v) is 1.66. The second-order valence-electron chi connectivity index (χ2n) is 4.59. The minimum absolute atomic E-state index is 0.323. The largest absolute Gasteiger partial charge is 0.485 e. The van der Waals surface area contributed by atoms with E-state index in [1.165, 1.54) is 13.0 Å². The molecule has 1 atom stereocenters. The lowest BCUT2D eigenvalue weighted by Gasteiger charge is -2.16. The topological polar surface area (TPSA) is 96.6 Å². The Bertz CT molecular complexity index is 624. The molecular formula is C14H17N3O4. The third-order valence-electron chi connectivity index (χ3n) is 2.79. The van der Waals surface area contributed by atoms with Crippen molar-refractivity contribution in [2.24, 2.45) is 7.05 Å². The molecule has 0 unspecified atom stereocenters. The molecule has 0 aliphatic heterocycles. The number of nitrogens with one attached hydrogen (secondary N) is 1. The van der Waals surface area contributed by atoms with Crippen molar-refractivity contribution in [1.29, 1.82) is 0 Å². The van der Waals surface area contributed by atoms with Crippen molar-refractivity contribution in [3.63, 3.8) is 0 Å². The third kappa shape index (κ3) is 4.04. The summed E-state index contributed by atoms with van der Waals surface area (Å²) >= 11 is 0. The van der Waals surface area contributed by atoms with Gasteiger partial charge >= 0.3 is 0 Å². The van der Waals surface area contributed by atoms with Crippen molar-refractivity contribution in [1.82, 2.24) is 9.78 Å². The molecule has 1 aromatic heterocycles. The van der Waals surface area contributed by atoms with Gasteiger partial charge in [-0.05, 0) is 25.1 Å². The summed E-state index contributed by atoms with van der Waals surface area (Å²) in [7, 11) is 1.76. The fourth-order valence-electron chi connectivity index (χ4n) is 1.66. The molecule has 7 nitrogen and oxygen atoms in total. The number of aromatic nitrogens is 2. The zero-order chi connectivity index (χ0) is 15.4. The number of amides is 1. The monoisotopic (exact) mass is 291 g/mol. The number of carbonyl (C=O) groups is 1. The summed E-state index contributed by atoms with van der Waals surface area (Å²) in [6, 6.07) is 8.13. The van der Waals surface area contributed by atoms with Gasteiger partial charge in [0.05, 0.1) is 0 Å².